The largest absolute Gasteiger partial charge is 0.385 e. The van der Waals surface area contributed by atoms with Gasteiger partial charge in [-0.05, 0) is 12.0 Å². The van der Waals surface area contributed by atoms with Crippen LogP contribution in [0.2, 0.25) is 0 Å². The predicted molar refractivity (Wildman–Crippen MR) is 79.6 cm³/mol. The minimum Gasteiger partial charge on any atom is -0.385 e. The summed E-state index contributed by atoms with van der Waals surface area (Å²) in [6.45, 7) is 3.91. The molecule has 0 N–H and O–H groups in total. The average molecular weight is 276 g/mol. The topological polar surface area (TPSA) is 45.5 Å². The molecule has 0 bridgehead atoms. The molecule has 0 saturated carbocycles. The number of nitrogens with zero attached hydrogens (tertiary/aromatic N) is 2. The van der Waals surface area contributed by atoms with Crippen molar-refractivity contribution >= 4 is 0 Å². The van der Waals surface area contributed by atoms with Crippen molar-refractivity contribution in [1.82, 2.24) is 4.90 Å². The van der Waals surface area contributed by atoms with Gasteiger partial charge in [-0.3, -0.25) is 4.90 Å². The third-order valence-electron chi connectivity index (χ3n) is 3.23. The van der Waals surface area contributed by atoms with Gasteiger partial charge in [0.25, 0.3) is 0 Å². The third kappa shape index (κ3) is 6.16. The Hall–Kier alpha value is -1.41. The van der Waals surface area contributed by atoms with Crippen LogP contribution < -0.4 is 0 Å². The molecule has 1 aromatic rings. The highest BCUT2D eigenvalue weighted by atomic mass is 16.5. The average Bonchev–Trinajstić information content (AvgIpc) is 2.50. The van der Waals surface area contributed by atoms with Crippen LogP contribution in [0.15, 0.2) is 30.3 Å². The molecule has 4 nitrogen and oxygen atoms in total. The van der Waals surface area contributed by atoms with Crippen molar-refractivity contribution in [3.05, 3.63) is 35.9 Å². The smallest absolute Gasteiger partial charge is 0.0839 e. The van der Waals surface area contributed by atoms with Crippen LogP contribution >= 0.6 is 0 Å². The van der Waals surface area contributed by atoms with Crippen LogP contribution in [0.1, 0.15) is 17.9 Å². The molecule has 0 aliphatic carbocycles. The molecule has 110 valence electrons. The maximum atomic E-state index is 9.39. The summed E-state index contributed by atoms with van der Waals surface area (Å²) in [6, 6.07) is 12.3. The Morgan fingerprint density at radius 2 is 1.80 bits per heavy atom. The first-order valence-corrected chi connectivity index (χ1v) is 6.96. The SMILES string of the molecule is COCCCN(CCOC)CC(C#N)c1ccccc1. The van der Waals surface area contributed by atoms with E-state index in [4.69, 9.17) is 9.47 Å². The number of methoxy groups -OCH3 is 2. The molecule has 1 unspecified atom stereocenters. The van der Waals surface area contributed by atoms with Crippen molar-refractivity contribution in [3.8, 4) is 6.07 Å². The van der Waals surface area contributed by atoms with Gasteiger partial charge in [0.1, 0.15) is 0 Å². The Labute approximate surface area is 121 Å². The molecule has 1 atom stereocenters. The summed E-state index contributed by atoms with van der Waals surface area (Å²) in [6.07, 6.45) is 0.965. The van der Waals surface area contributed by atoms with Crippen molar-refractivity contribution in [1.29, 1.82) is 5.26 Å². The molecule has 4 heteroatoms. The first kappa shape index (κ1) is 16.6. The lowest BCUT2D eigenvalue weighted by Gasteiger charge is -2.24. The highest BCUT2D eigenvalue weighted by Gasteiger charge is 2.15. The fourth-order valence-corrected chi connectivity index (χ4v) is 2.11. The quantitative estimate of drug-likeness (QED) is 0.615. The van der Waals surface area contributed by atoms with Gasteiger partial charge in [-0.15, -0.1) is 0 Å². The van der Waals surface area contributed by atoms with Crippen LogP contribution in [0.25, 0.3) is 0 Å². The Balaban J connectivity index is 2.58. The van der Waals surface area contributed by atoms with E-state index in [1.807, 2.05) is 30.3 Å². The predicted octanol–water partition coefficient (Wildman–Crippen LogP) is 2.28. The molecule has 0 saturated heterocycles. The second-order valence-corrected chi connectivity index (χ2v) is 4.73. The maximum absolute atomic E-state index is 9.39. The van der Waals surface area contributed by atoms with Gasteiger partial charge < -0.3 is 9.47 Å². The van der Waals surface area contributed by atoms with E-state index < -0.39 is 0 Å². The second-order valence-electron chi connectivity index (χ2n) is 4.73. The normalized spacial score (nSPS) is 12.3. The molecule has 0 radical (unpaired) electrons. The highest BCUT2D eigenvalue weighted by Crippen LogP contribution is 2.16. The minimum absolute atomic E-state index is 0.101. The van der Waals surface area contributed by atoms with Crippen LogP contribution in [-0.4, -0.2) is 52.0 Å². The monoisotopic (exact) mass is 276 g/mol. The molecule has 0 spiro atoms. The lowest BCUT2D eigenvalue weighted by atomic mass is 10.00. The number of hydrogen-bond donors (Lipinski definition) is 0. The van der Waals surface area contributed by atoms with Crippen molar-refractivity contribution in [2.45, 2.75) is 12.3 Å². The highest BCUT2D eigenvalue weighted by molar-refractivity contribution is 5.25. The maximum Gasteiger partial charge on any atom is 0.0839 e. The van der Waals surface area contributed by atoms with Crippen molar-refractivity contribution in [3.63, 3.8) is 0 Å². The summed E-state index contributed by atoms with van der Waals surface area (Å²) in [5.74, 6) is -0.101. The molecule has 0 fully saturated rings. The van der Waals surface area contributed by atoms with Gasteiger partial charge >= 0.3 is 0 Å². The molecular formula is C16H24N2O2. The number of rotatable bonds is 10. The lowest BCUT2D eigenvalue weighted by Crippen LogP contribution is -2.33. The van der Waals surface area contributed by atoms with E-state index in [0.717, 1.165) is 38.2 Å². The van der Waals surface area contributed by atoms with Crippen molar-refractivity contribution in [2.24, 2.45) is 0 Å². The van der Waals surface area contributed by atoms with Gasteiger partial charge in [-0.2, -0.15) is 5.26 Å². The summed E-state index contributed by atoms with van der Waals surface area (Å²) in [7, 11) is 3.41. The summed E-state index contributed by atoms with van der Waals surface area (Å²) in [5.41, 5.74) is 1.07. The molecule has 0 aliphatic rings. The second kappa shape index (κ2) is 10.4. The standard InChI is InChI=1S/C16H24N2O2/c1-19-11-6-9-18(10-12-20-2)14-16(13-17)15-7-4-3-5-8-15/h3-5,7-8,16H,6,9-12,14H2,1-2H3. The molecule has 0 aliphatic heterocycles. The zero-order chi connectivity index (χ0) is 14.6. The van der Waals surface area contributed by atoms with Gasteiger partial charge in [0.15, 0.2) is 0 Å². The fraction of sp³-hybridized carbons (Fsp3) is 0.562. The van der Waals surface area contributed by atoms with E-state index >= 15 is 0 Å². The number of benzene rings is 1. The van der Waals surface area contributed by atoms with E-state index in [1.54, 1.807) is 14.2 Å². The first-order valence-electron chi connectivity index (χ1n) is 6.96. The summed E-state index contributed by atoms with van der Waals surface area (Å²) in [4.78, 5) is 2.27. The minimum atomic E-state index is -0.101. The van der Waals surface area contributed by atoms with E-state index in [0.29, 0.717) is 6.61 Å². The molecule has 0 heterocycles. The van der Waals surface area contributed by atoms with Gasteiger partial charge in [0.2, 0.25) is 0 Å². The van der Waals surface area contributed by atoms with Crippen LogP contribution in [0.5, 0.6) is 0 Å². The van der Waals surface area contributed by atoms with Crippen LogP contribution in [0.3, 0.4) is 0 Å². The Bertz CT molecular complexity index is 389. The lowest BCUT2D eigenvalue weighted by molar-refractivity contribution is 0.131. The Morgan fingerprint density at radius 3 is 2.40 bits per heavy atom. The Kier molecular flexibility index (Phi) is 8.64. The van der Waals surface area contributed by atoms with Gasteiger partial charge in [-0.25, -0.2) is 0 Å². The van der Waals surface area contributed by atoms with Crippen LogP contribution in [-0.2, 0) is 9.47 Å². The first-order chi connectivity index (χ1) is 9.81. The molecule has 0 aromatic heterocycles. The summed E-state index contributed by atoms with van der Waals surface area (Å²) in [5, 5.41) is 9.39. The van der Waals surface area contributed by atoms with E-state index in [1.165, 1.54) is 0 Å². The fourth-order valence-electron chi connectivity index (χ4n) is 2.11. The van der Waals surface area contributed by atoms with E-state index in [9.17, 15) is 5.26 Å². The number of ether oxygens (including phenoxy) is 2. The zero-order valence-electron chi connectivity index (χ0n) is 12.4. The molecule has 0 amide bonds. The summed E-state index contributed by atoms with van der Waals surface area (Å²) < 4.78 is 10.2. The van der Waals surface area contributed by atoms with Gasteiger partial charge in [-0.1, -0.05) is 30.3 Å². The van der Waals surface area contributed by atoms with E-state index in [-0.39, 0.29) is 5.92 Å². The van der Waals surface area contributed by atoms with Crippen molar-refractivity contribution < 1.29 is 9.47 Å². The molecule has 20 heavy (non-hydrogen) atoms. The van der Waals surface area contributed by atoms with Gasteiger partial charge in [0.05, 0.1) is 18.6 Å². The van der Waals surface area contributed by atoms with Crippen molar-refractivity contribution in [2.75, 3.05) is 47.1 Å². The zero-order valence-corrected chi connectivity index (χ0v) is 12.4. The molecule has 1 aromatic carbocycles. The number of hydrogen-bond acceptors (Lipinski definition) is 4. The molecular weight excluding hydrogens is 252 g/mol. The van der Waals surface area contributed by atoms with Gasteiger partial charge in [0, 0.05) is 40.5 Å². The van der Waals surface area contributed by atoms with E-state index in [2.05, 4.69) is 11.0 Å². The van der Waals surface area contributed by atoms with Crippen LogP contribution in [0.4, 0.5) is 0 Å². The molecule has 1 rings (SSSR count). The third-order valence-corrected chi connectivity index (χ3v) is 3.23. The Morgan fingerprint density at radius 1 is 1.10 bits per heavy atom. The number of nitriles is 1. The van der Waals surface area contributed by atoms with Crippen LogP contribution in [0, 0.1) is 11.3 Å². The summed E-state index contributed by atoms with van der Waals surface area (Å²) >= 11 is 0.